The highest BCUT2D eigenvalue weighted by Gasteiger charge is 2.34. The van der Waals surface area contributed by atoms with Crippen LogP contribution in [-0.2, 0) is 11.0 Å². The maximum Gasteiger partial charge on any atom is 0.416 e. The number of amides is 2. The van der Waals surface area contributed by atoms with Crippen molar-refractivity contribution in [3.63, 3.8) is 0 Å². The average molecular weight is 363 g/mol. The predicted octanol–water partition coefficient (Wildman–Crippen LogP) is 3.61. The van der Waals surface area contributed by atoms with Crippen LogP contribution in [0.2, 0.25) is 0 Å². The predicted molar refractivity (Wildman–Crippen MR) is 90.8 cm³/mol. The van der Waals surface area contributed by atoms with Gasteiger partial charge in [-0.1, -0.05) is 12.1 Å². The number of fused-ring (bicyclic) bond motifs is 1. The lowest BCUT2D eigenvalue weighted by atomic mass is 10.0. The molecule has 5 nitrogen and oxygen atoms in total. The van der Waals surface area contributed by atoms with Gasteiger partial charge in [0.1, 0.15) is 0 Å². The second kappa shape index (κ2) is 6.36. The molecule has 0 fully saturated rings. The van der Waals surface area contributed by atoms with E-state index in [9.17, 15) is 22.8 Å². The number of alkyl halides is 3. The van der Waals surface area contributed by atoms with Crippen LogP contribution in [0.4, 0.5) is 24.5 Å². The van der Waals surface area contributed by atoms with E-state index in [1.807, 2.05) is 0 Å². The standard InChI is InChI=1S/C18H16F3N3O2/c1-9-5-14-15(7-12(9)18(19,20)21)24-16(25)8-13(23-14)10-3-2-4-11(6-10)17(22)26/h2-7,13,23H,8H2,1H3,(H2,22,26)(H,24,25). The van der Waals surface area contributed by atoms with Gasteiger partial charge in [-0.2, -0.15) is 13.2 Å². The highest BCUT2D eigenvalue weighted by molar-refractivity contribution is 5.97. The summed E-state index contributed by atoms with van der Waals surface area (Å²) in [5, 5.41) is 5.60. The molecule has 0 spiro atoms. The number of benzene rings is 2. The molecule has 1 atom stereocenters. The van der Waals surface area contributed by atoms with Gasteiger partial charge in [0.15, 0.2) is 0 Å². The van der Waals surface area contributed by atoms with Crippen molar-refractivity contribution in [1.29, 1.82) is 0 Å². The summed E-state index contributed by atoms with van der Waals surface area (Å²) in [6.07, 6.45) is -4.51. The van der Waals surface area contributed by atoms with Crippen LogP contribution in [0.25, 0.3) is 0 Å². The van der Waals surface area contributed by atoms with E-state index in [2.05, 4.69) is 10.6 Å². The zero-order chi connectivity index (χ0) is 19.1. The minimum absolute atomic E-state index is 0.00268. The minimum Gasteiger partial charge on any atom is -0.376 e. The number of hydrogen-bond donors (Lipinski definition) is 3. The lowest BCUT2D eigenvalue weighted by molar-refractivity contribution is -0.138. The zero-order valence-corrected chi connectivity index (χ0v) is 13.8. The Hall–Kier alpha value is -3.03. The molecule has 4 N–H and O–H groups in total. The first kappa shape index (κ1) is 17.8. The van der Waals surface area contributed by atoms with Crippen molar-refractivity contribution in [2.75, 3.05) is 10.6 Å². The quantitative estimate of drug-likeness (QED) is 0.762. The van der Waals surface area contributed by atoms with E-state index in [-0.39, 0.29) is 23.2 Å². The van der Waals surface area contributed by atoms with Crippen molar-refractivity contribution in [3.8, 4) is 0 Å². The van der Waals surface area contributed by atoms with Gasteiger partial charge in [-0.15, -0.1) is 0 Å². The third-order valence-corrected chi connectivity index (χ3v) is 4.24. The molecule has 1 aliphatic heterocycles. The molecule has 1 heterocycles. The van der Waals surface area contributed by atoms with Gasteiger partial charge in [0.2, 0.25) is 11.8 Å². The molecule has 0 aliphatic carbocycles. The Balaban J connectivity index is 2.02. The molecular formula is C18H16F3N3O2. The number of carbonyl (C=O) groups excluding carboxylic acids is 2. The van der Waals surface area contributed by atoms with Crippen LogP contribution < -0.4 is 16.4 Å². The fourth-order valence-corrected chi connectivity index (χ4v) is 2.97. The largest absolute Gasteiger partial charge is 0.416 e. The second-order valence-electron chi connectivity index (χ2n) is 6.15. The van der Waals surface area contributed by atoms with Crippen LogP contribution in [0.3, 0.4) is 0 Å². The smallest absolute Gasteiger partial charge is 0.376 e. The molecule has 0 saturated heterocycles. The molecule has 136 valence electrons. The Labute approximate surface area is 147 Å². The monoisotopic (exact) mass is 363 g/mol. The number of primary amides is 1. The fourth-order valence-electron chi connectivity index (χ4n) is 2.97. The van der Waals surface area contributed by atoms with E-state index in [1.165, 1.54) is 13.0 Å². The first-order valence-corrected chi connectivity index (χ1v) is 7.83. The summed E-state index contributed by atoms with van der Waals surface area (Å²) in [4.78, 5) is 23.5. The summed E-state index contributed by atoms with van der Waals surface area (Å²) in [5.74, 6) is -1.03. The van der Waals surface area contributed by atoms with Crippen LogP contribution >= 0.6 is 0 Å². The number of aryl methyl sites for hydroxylation is 1. The molecule has 26 heavy (non-hydrogen) atoms. The van der Waals surface area contributed by atoms with Crippen LogP contribution in [0, 0.1) is 6.92 Å². The summed E-state index contributed by atoms with van der Waals surface area (Å²) in [6.45, 7) is 1.36. The van der Waals surface area contributed by atoms with Crippen molar-refractivity contribution in [1.82, 2.24) is 0 Å². The normalized spacial score (nSPS) is 16.9. The summed E-state index contributed by atoms with van der Waals surface area (Å²) >= 11 is 0. The lowest BCUT2D eigenvalue weighted by Crippen LogP contribution is -2.17. The Morgan fingerprint density at radius 2 is 1.92 bits per heavy atom. The molecule has 1 unspecified atom stereocenters. The van der Waals surface area contributed by atoms with Gasteiger partial charge in [0, 0.05) is 5.56 Å². The fraction of sp³-hybridized carbons (Fsp3) is 0.222. The lowest BCUT2D eigenvalue weighted by Gasteiger charge is -2.19. The topological polar surface area (TPSA) is 84.2 Å². The number of halogens is 3. The Kier molecular flexibility index (Phi) is 4.35. The van der Waals surface area contributed by atoms with Crippen molar-refractivity contribution in [2.45, 2.75) is 25.6 Å². The first-order chi connectivity index (χ1) is 12.1. The molecule has 0 bridgehead atoms. The third kappa shape index (κ3) is 3.49. The average Bonchev–Trinajstić information content (AvgIpc) is 2.71. The van der Waals surface area contributed by atoms with Gasteiger partial charge in [-0.25, -0.2) is 0 Å². The van der Waals surface area contributed by atoms with Crippen molar-refractivity contribution in [2.24, 2.45) is 5.73 Å². The molecule has 0 radical (unpaired) electrons. The number of anilines is 2. The maximum absolute atomic E-state index is 13.1. The van der Waals surface area contributed by atoms with Crippen LogP contribution in [0.15, 0.2) is 36.4 Å². The van der Waals surface area contributed by atoms with Gasteiger partial charge in [-0.3, -0.25) is 9.59 Å². The minimum atomic E-state index is -4.51. The molecular weight excluding hydrogens is 347 g/mol. The number of nitrogens with two attached hydrogens (primary N) is 1. The van der Waals surface area contributed by atoms with E-state index < -0.39 is 29.6 Å². The van der Waals surface area contributed by atoms with Crippen LogP contribution in [0.1, 0.15) is 39.5 Å². The molecule has 1 aliphatic rings. The molecule has 2 amide bonds. The highest BCUT2D eigenvalue weighted by Crippen LogP contribution is 2.39. The van der Waals surface area contributed by atoms with E-state index in [0.717, 1.165) is 6.07 Å². The van der Waals surface area contributed by atoms with Crippen LogP contribution in [0.5, 0.6) is 0 Å². The first-order valence-electron chi connectivity index (χ1n) is 7.83. The van der Waals surface area contributed by atoms with Gasteiger partial charge in [0.25, 0.3) is 0 Å². The summed E-state index contributed by atoms with van der Waals surface area (Å²) < 4.78 is 39.3. The maximum atomic E-state index is 13.1. The van der Waals surface area contributed by atoms with Crippen molar-refractivity contribution >= 4 is 23.2 Å². The summed E-state index contributed by atoms with van der Waals surface area (Å²) in [7, 11) is 0. The van der Waals surface area contributed by atoms with Crippen LogP contribution in [-0.4, -0.2) is 11.8 Å². The Morgan fingerprint density at radius 3 is 2.58 bits per heavy atom. The van der Waals surface area contributed by atoms with Gasteiger partial charge < -0.3 is 16.4 Å². The summed E-state index contributed by atoms with van der Waals surface area (Å²) in [6, 6.07) is 8.25. The number of carbonyl (C=O) groups is 2. The molecule has 0 saturated carbocycles. The van der Waals surface area contributed by atoms with Crippen molar-refractivity contribution < 1.29 is 22.8 Å². The van der Waals surface area contributed by atoms with E-state index in [0.29, 0.717) is 11.3 Å². The molecule has 8 heteroatoms. The SMILES string of the molecule is Cc1cc2c(cc1C(F)(F)F)NC(=O)CC(c1cccc(C(N)=O)c1)N2. The van der Waals surface area contributed by atoms with Gasteiger partial charge >= 0.3 is 6.18 Å². The van der Waals surface area contributed by atoms with Gasteiger partial charge in [0.05, 0.1) is 29.4 Å². The number of nitrogens with one attached hydrogen (secondary N) is 2. The molecule has 3 rings (SSSR count). The number of rotatable bonds is 2. The summed E-state index contributed by atoms with van der Waals surface area (Å²) in [5.41, 5.74) is 5.91. The second-order valence-corrected chi connectivity index (χ2v) is 6.15. The van der Waals surface area contributed by atoms with E-state index in [4.69, 9.17) is 5.73 Å². The molecule has 0 aromatic heterocycles. The number of hydrogen-bond acceptors (Lipinski definition) is 3. The zero-order valence-electron chi connectivity index (χ0n) is 13.8. The van der Waals surface area contributed by atoms with Crippen molar-refractivity contribution in [3.05, 3.63) is 58.7 Å². The van der Waals surface area contributed by atoms with E-state index in [1.54, 1.807) is 24.3 Å². The third-order valence-electron chi connectivity index (χ3n) is 4.24. The Morgan fingerprint density at radius 1 is 1.19 bits per heavy atom. The Bertz CT molecular complexity index is 894. The molecule has 2 aromatic rings. The van der Waals surface area contributed by atoms with E-state index >= 15 is 0 Å². The molecule has 2 aromatic carbocycles. The highest BCUT2D eigenvalue weighted by atomic mass is 19.4. The van der Waals surface area contributed by atoms with Gasteiger partial charge in [-0.05, 0) is 42.3 Å².